The molecule has 1 N–H and O–H groups in total. The molecule has 0 unspecified atom stereocenters. The van der Waals surface area contributed by atoms with Crippen LogP contribution in [0.3, 0.4) is 0 Å². The standard InChI is InChI=1S/C23H28N2O3S/c1-15-5-6-16(2)21(11-15)24-22(26)14-27-20-9-7-19(8-10-20)23(29)25-12-17(3)28-18(4)13-25/h5-11,17-18H,12-14H2,1-4H3,(H,24,26)/t17-,18+. The van der Waals surface area contributed by atoms with E-state index >= 15 is 0 Å². The molecular weight excluding hydrogens is 384 g/mol. The van der Waals surface area contributed by atoms with Gasteiger partial charge in [-0.2, -0.15) is 0 Å². The molecule has 0 saturated carbocycles. The number of rotatable bonds is 5. The number of benzene rings is 2. The monoisotopic (exact) mass is 412 g/mol. The van der Waals surface area contributed by atoms with E-state index < -0.39 is 0 Å². The second-order valence-corrected chi connectivity index (χ2v) is 8.03. The van der Waals surface area contributed by atoms with E-state index in [2.05, 4.69) is 24.1 Å². The predicted molar refractivity (Wildman–Crippen MR) is 120 cm³/mol. The second kappa shape index (κ2) is 9.37. The summed E-state index contributed by atoms with van der Waals surface area (Å²) in [6.45, 7) is 9.62. The number of carbonyl (C=O) groups is 1. The van der Waals surface area contributed by atoms with Crippen LogP contribution in [-0.4, -0.2) is 47.7 Å². The maximum atomic E-state index is 12.2. The van der Waals surface area contributed by atoms with Gasteiger partial charge in [0.1, 0.15) is 10.7 Å². The number of aryl methyl sites for hydroxylation is 2. The lowest BCUT2D eigenvalue weighted by Crippen LogP contribution is -2.47. The van der Waals surface area contributed by atoms with Crippen molar-refractivity contribution < 1.29 is 14.3 Å². The Bertz CT molecular complexity index is 872. The Balaban J connectivity index is 1.54. The lowest BCUT2D eigenvalue weighted by molar-refractivity contribution is -0.118. The molecular formula is C23H28N2O3S. The highest BCUT2D eigenvalue weighted by molar-refractivity contribution is 7.80. The number of carbonyl (C=O) groups excluding carboxylic acids is 1. The highest BCUT2D eigenvalue weighted by atomic mass is 32.1. The minimum absolute atomic E-state index is 0.0460. The van der Waals surface area contributed by atoms with Crippen molar-refractivity contribution in [3.8, 4) is 5.75 Å². The number of anilines is 1. The van der Waals surface area contributed by atoms with Crippen LogP contribution < -0.4 is 10.1 Å². The van der Waals surface area contributed by atoms with Crippen LogP contribution in [-0.2, 0) is 9.53 Å². The lowest BCUT2D eigenvalue weighted by Gasteiger charge is -2.37. The van der Waals surface area contributed by atoms with E-state index in [1.807, 2.05) is 56.3 Å². The highest BCUT2D eigenvalue weighted by Crippen LogP contribution is 2.19. The highest BCUT2D eigenvalue weighted by Gasteiger charge is 2.24. The quantitative estimate of drug-likeness (QED) is 0.749. The Morgan fingerprint density at radius 3 is 2.45 bits per heavy atom. The fraction of sp³-hybridized carbons (Fsp3) is 0.391. The first-order chi connectivity index (χ1) is 13.8. The topological polar surface area (TPSA) is 50.8 Å². The summed E-state index contributed by atoms with van der Waals surface area (Å²) in [7, 11) is 0. The van der Waals surface area contributed by atoms with Crippen LogP contribution in [0.25, 0.3) is 0 Å². The van der Waals surface area contributed by atoms with E-state index in [0.29, 0.717) is 5.75 Å². The summed E-state index contributed by atoms with van der Waals surface area (Å²) < 4.78 is 11.4. The first-order valence-electron chi connectivity index (χ1n) is 9.86. The van der Waals surface area contributed by atoms with Crippen LogP contribution in [0.4, 0.5) is 5.69 Å². The first-order valence-corrected chi connectivity index (χ1v) is 10.3. The zero-order valence-corrected chi connectivity index (χ0v) is 18.2. The fourth-order valence-electron chi connectivity index (χ4n) is 3.43. The van der Waals surface area contributed by atoms with Crippen molar-refractivity contribution in [1.29, 1.82) is 0 Å². The number of nitrogens with one attached hydrogen (secondary N) is 1. The van der Waals surface area contributed by atoms with Gasteiger partial charge in [0.15, 0.2) is 6.61 Å². The number of amides is 1. The summed E-state index contributed by atoms with van der Waals surface area (Å²) in [5.41, 5.74) is 3.90. The van der Waals surface area contributed by atoms with E-state index in [1.165, 1.54) is 0 Å². The maximum Gasteiger partial charge on any atom is 0.262 e. The minimum Gasteiger partial charge on any atom is -0.484 e. The molecule has 0 aromatic heterocycles. The number of thiocarbonyl (C=S) groups is 1. The van der Waals surface area contributed by atoms with Crippen LogP contribution in [0.15, 0.2) is 42.5 Å². The zero-order valence-electron chi connectivity index (χ0n) is 17.4. The number of morpholine rings is 1. The van der Waals surface area contributed by atoms with Gasteiger partial charge in [-0.3, -0.25) is 4.79 Å². The third-order valence-corrected chi connectivity index (χ3v) is 5.34. The molecule has 1 aliphatic heterocycles. The van der Waals surface area contributed by atoms with Gasteiger partial charge in [-0.1, -0.05) is 24.4 Å². The smallest absolute Gasteiger partial charge is 0.262 e. The average Bonchev–Trinajstić information content (AvgIpc) is 2.68. The van der Waals surface area contributed by atoms with E-state index in [4.69, 9.17) is 21.7 Å². The molecule has 154 valence electrons. The fourth-order valence-corrected chi connectivity index (χ4v) is 3.71. The minimum atomic E-state index is -0.186. The second-order valence-electron chi connectivity index (χ2n) is 7.65. The summed E-state index contributed by atoms with van der Waals surface area (Å²) in [6, 6.07) is 13.5. The lowest BCUT2D eigenvalue weighted by atomic mass is 10.1. The zero-order chi connectivity index (χ0) is 21.0. The van der Waals surface area contributed by atoms with Crippen LogP contribution >= 0.6 is 12.2 Å². The van der Waals surface area contributed by atoms with Gasteiger partial charge in [0.05, 0.1) is 12.2 Å². The molecule has 0 radical (unpaired) electrons. The van der Waals surface area contributed by atoms with Crippen molar-refractivity contribution in [2.45, 2.75) is 39.9 Å². The largest absolute Gasteiger partial charge is 0.484 e. The molecule has 5 nitrogen and oxygen atoms in total. The van der Waals surface area contributed by atoms with Gasteiger partial charge in [-0.15, -0.1) is 0 Å². The van der Waals surface area contributed by atoms with Crippen molar-refractivity contribution in [3.05, 3.63) is 59.2 Å². The molecule has 0 spiro atoms. The molecule has 0 bridgehead atoms. The summed E-state index contributed by atoms with van der Waals surface area (Å²) in [4.78, 5) is 15.2. The number of hydrogen-bond acceptors (Lipinski definition) is 4. The van der Waals surface area contributed by atoms with Gasteiger partial charge in [0, 0.05) is 24.3 Å². The van der Waals surface area contributed by atoms with Crippen molar-refractivity contribution in [1.82, 2.24) is 4.90 Å². The van der Waals surface area contributed by atoms with Gasteiger partial charge >= 0.3 is 0 Å². The Hall–Kier alpha value is -2.44. The third kappa shape index (κ3) is 5.78. The van der Waals surface area contributed by atoms with Crippen LogP contribution in [0.1, 0.15) is 30.5 Å². The molecule has 1 saturated heterocycles. The molecule has 29 heavy (non-hydrogen) atoms. The summed E-state index contributed by atoms with van der Waals surface area (Å²) in [5, 5.41) is 2.90. The van der Waals surface area contributed by atoms with Crippen molar-refractivity contribution in [3.63, 3.8) is 0 Å². The Labute approximate surface area is 178 Å². The number of hydrogen-bond donors (Lipinski definition) is 1. The molecule has 2 aromatic rings. The Morgan fingerprint density at radius 2 is 1.79 bits per heavy atom. The molecule has 3 rings (SSSR count). The van der Waals surface area contributed by atoms with Crippen molar-refractivity contribution in [2.24, 2.45) is 0 Å². The van der Waals surface area contributed by atoms with Crippen molar-refractivity contribution >= 4 is 28.8 Å². The Morgan fingerprint density at radius 1 is 1.14 bits per heavy atom. The molecule has 1 amide bonds. The predicted octanol–water partition coefficient (Wildman–Crippen LogP) is 4.11. The van der Waals surface area contributed by atoms with E-state index in [0.717, 1.165) is 40.5 Å². The number of nitrogens with zero attached hydrogens (tertiary/aromatic N) is 1. The van der Waals surface area contributed by atoms with Gasteiger partial charge < -0.3 is 19.7 Å². The summed E-state index contributed by atoms with van der Waals surface area (Å²) in [6.07, 6.45) is 0.324. The van der Waals surface area contributed by atoms with E-state index in [-0.39, 0.29) is 24.7 Å². The normalized spacial score (nSPS) is 19.0. The molecule has 1 heterocycles. The molecule has 2 atom stereocenters. The Kier molecular flexibility index (Phi) is 6.87. The molecule has 1 fully saturated rings. The van der Waals surface area contributed by atoms with Crippen molar-refractivity contribution in [2.75, 3.05) is 25.0 Å². The number of ether oxygens (including phenoxy) is 2. The molecule has 6 heteroatoms. The van der Waals surface area contributed by atoms with E-state index in [9.17, 15) is 4.79 Å². The van der Waals surface area contributed by atoms with Crippen LogP contribution in [0.5, 0.6) is 5.75 Å². The summed E-state index contributed by atoms with van der Waals surface area (Å²) >= 11 is 5.66. The SMILES string of the molecule is Cc1ccc(C)c(NC(=O)COc2ccc(C(=S)N3C[C@@H](C)O[C@@H](C)C3)cc2)c1. The van der Waals surface area contributed by atoms with Gasteiger partial charge in [-0.25, -0.2) is 0 Å². The van der Waals surface area contributed by atoms with Gasteiger partial charge in [-0.05, 0) is 69.2 Å². The third-order valence-electron chi connectivity index (χ3n) is 4.85. The first kappa shape index (κ1) is 21.3. The molecule has 0 aliphatic carbocycles. The van der Waals surface area contributed by atoms with E-state index in [1.54, 1.807) is 0 Å². The molecule has 2 aromatic carbocycles. The van der Waals surface area contributed by atoms with Gasteiger partial charge in [0.2, 0.25) is 0 Å². The average molecular weight is 413 g/mol. The summed E-state index contributed by atoms with van der Waals surface area (Å²) in [5.74, 6) is 0.450. The van der Waals surface area contributed by atoms with Crippen LogP contribution in [0.2, 0.25) is 0 Å². The van der Waals surface area contributed by atoms with Crippen LogP contribution in [0, 0.1) is 13.8 Å². The maximum absolute atomic E-state index is 12.2. The molecule has 1 aliphatic rings. The van der Waals surface area contributed by atoms with Gasteiger partial charge in [0.25, 0.3) is 5.91 Å².